The van der Waals surface area contributed by atoms with Crippen molar-refractivity contribution in [1.82, 2.24) is 20.6 Å². The second kappa shape index (κ2) is 8.76. The van der Waals surface area contributed by atoms with Gasteiger partial charge in [0.2, 0.25) is 5.91 Å². The molecule has 6 heteroatoms. The van der Waals surface area contributed by atoms with Crippen molar-refractivity contribution < 1.29 is 9.59 Å². The molecule has 0 saturated heterocycles. The summed E-state index contributed by atoms with van der Waals surface area (Å²) < 4.78 is 0. The van der Waals surface area contributed by atoms with Crippen molar-refractivity contribution in [1.29, 1.82) is 0 Å². The van der Waals surface area contributed by atoms with Gasteiger partial charge < -0.3 is 10.6 Å². The van der Waals surface area contributed by atoms with E-state index < -0.39 is 6.04 Å². The minimum Gasteiger partial charge on any atom is -0.350 e. The Hall–Kier alpha value is -2.76. The molecule has 2 amide bonds. The zero-order valence-corrected chi connectivity index (χ0v) is 13.9. The first kappa shape index (κ1) is 17.6. The summed E-state index contributed by atoms with van der Waals surface area (Å²) in [5.41, 5.74) is 1.40. The highest BCUT2D eigenvalue weighted by molar-refractivity contribution is 5.97. The second-order valence-electron chi connectivity index (χ2n) is 5.97. The molecule has 0 fully saturated rings. The van der Waals surface area contributed by atoms with Gasteiger partial charge >= 0.3 is 0 Å². The van der Waals surface area contributed by atoms with Gasteiger partial charge in [-0.15, -0.1) is 0 Å². The molecule has 2 heterocycles. The number of carbonyl (C=O) groups excluding carboxylic acids is 2. The Labute approximate surface area is 141 Å². The van der Waals surface area contributed by atoms with E-state index >= 15 is 0 Å². The lowest BCUT2D eigenvalue weighted by atomic mass is 10.0. The van der Waals surface area contributed by atoms with Crippen molar-refractivity contribution in [3.8, 4) is 0 Å². The number of pyridine rings is 2. The second-order valence-corrected chi connectivity index (χ2v) is 5.97. The third-order valence-electron chi connectivity index (χ3n) is 3.46. The molecule has 126 valence electrons. The molecule has 0 radical (unpaired) electrons. The standard InChI is InChI=1S/C18H22N4O2/c1-13(2)10-16(22-17(23)15-5-8-19-9-6-15)18(24)21-12-14-4-3-7-20-11-14/h3-9,11,13,16H,10,12H2,1-2H3,(H,21,24)(H,22,23)/t16-/m0/s1. The summed E-state index contributed by atoms with van der Waals surface area (Å²) in [5.74, 6) is -0.202. The molecule has 2 aromatic rings. The molecule has 2 aromatic heterocycles. The predicted octanol–water partition coefficient (Wildman–Crippen LogP) is 1.94. The fraction of sp³-hybridized carbons (Fsp3) is 0.333. The maximum atomic E-state index is 12.5. The molecule has 0 spiro atoms. The Morgan fingerprint density at radius 1 is 1.08 bits per heavy atom. The Kier molecular flexibility index (Phi) is 6.42. The van der Waals surface area contributed by atoms with Crippen LogP contribution in [0.5, 0.6) is 0 Å². The fourth-order valence-electron chi connectivity index (χ4n) is 2.26. The van der Waals surface area contributed by atoms with Gasteiger partial charge in [0.25, 0.3) is 5.91 Å². The van der Waals surface area contributed by atoms with Gasteiger partial charge in [-0.2, -0.15) is 0 Å². The van der Waals surface area contributed by atoms with E-state index in [0.717, 1.165) is 5.56 Å². The number of hydrogen-bond acceptors (Lipinski definition) is 4. The van der Waals surface area contributed by atoms with Crippen LogP contribution in [0.1, 0.15) is 36.2 Å². The average Bonchev–Trinajstić information content (AvgIpc) is 2.60. The predicted molar refractivity (Wildman–Crippen MR) is 91.0 cm³/mol. The van der Waals surface area contributed by atoms with Crippen molar-refractivity contribution in [2.75, 3.05) is 0 Å². The number of hydrogen-bond donors (Lipinski definition) is 2. The summed E-state index contributed by atoms with van der Waals surface area (Å²) in [6.07, 6.45) is 7.05. The zero-order chi connectivity index (χ0) is 17.4. The summed E-state index contributed by atoms with van der Waals surface area (Å²) in [5, 5.41) is 5.66. The van der Waals surface area contributed by atoms with E-state index in [4.69, 9.17) is 0 Å². The molecular formula is C18H22N4O2. The number of rotatable bonds is 7. The monoisotopic (exact) mass is 326 g/mol. The van der Waals surface area contributed by atoms with Gasteiger partial charge in [0.1, 0.15) is 6.04 Å². The lowest BCUT2D eigenvalue weighted by molar-refractivity contribution is -0.123. The van der Waals surface area contributed by atoms with Crippen molar-refractivity contribution in [3.05, 3.63) is 60.2 Å². The first-order valence-electron chi connectivity index (χ1n) is 7.93. The van der Waals surface area contributed by atoms with E-state index in [1.807, 2.05) is 26.0 Å². The Balaban J connectivity index is 1.99. The van der Waals surface area contributed by atoms with Gasteiger partial charge in [0.05, 0.1) is 0 Å². The minimum atomic E-state index is -0.581. The third kappa shape index (κ3) is 5.46. The molecule has 0 aliphatic carbocycles. The number of nitrogens with zero attached hydrogens (tertiary/aromatic N) is 2. The quantitative estimate of drug-likeness (QED) is 0.814. The van der Waals surface area contributed by atoms with E-state index in [1.54, 1.807) is 36.9 Å². The molecule has 0 saturated carbocycles. The van der Waals surface area contributed by atoms with Crippen LogP contribution in [0.3, 0.4) is 0 Å². The normalized spacial score (nSPS) is 11.8. The van der Waals surface area contributed by atoms with Crippen molar-refractivity contribution in [2.24, 2.45) is 5.92 Å². The van der Waals surface area contributed by atoms with E-state index in [9.17, 15) is 9.59 Å². The molecule has 1 atom stereocenters. The van der Waals surface area contributed by atoms with Gasteiger partial charge in [-0.25, -0.2) is 0 Å². The highest BCUT2D eigenvalue weighted by atomic mass is 16.2. The van der Waals surface area contributed by atoms with Crippen molar-refractivity contribution >= 4 is 11.8 Å². The summed E-state index contributed by atoms with van der Waals surface area (Å²) >= 11 is 0. The van der Waals surface area contributed by atoms with Crippen LogP contribution >= 0.6 is 0 Å². The molecule has 0 aliphatic rings. The molecule has 0 bridgehead atoms. The molecule has 0 aliphatic heterocycles. The molecule has 0 aromatic carbocycles. The third-order valence-corrected chi connectivity index (χ3v) is 3.46. The van der Waals surface area contributed by atoms with Gasteiger partial charge in [-0.05, 0) is 36.1 Å². The zero-order valence-electron chi connectivity index (χ0n) is 13.9. The van der Waals surface area contributed by atoms with Crippen LogP contribution in [0.15, 0.2) is 49.1 Å². The van der Waals surface area contributed by atoms with Crippen LogP contribution in [-0.4, -0.2) is 27.8 Å². The first-order chi connectivity index (χ1) is 11.6. The minimum absolute atomic E-state index is 0.199. The lowest BCUT2D eigenvalue weighted by Gasteiger charge is -2.20. The Morgan fingerprint density at radius 2 is 1.83 bits per heavy atom. The Morgan fingerprint density at radius 3 is 2.46 bits per heavy atom. The maximum absolute atomic E-state index is 12.5. The number of amides is 2. The molecule has 0 unspecified atom stereocenters. The van der Waals surface area contributed by atoms with Gasteiger partial charge in [-0.3, -0.25) is 19.6 Å². The van der Waals surface area contributed by atoms with Crippen LogP contribution in [0.4, 0.5) is 0 Å². The SMILES string of the molecule is CC(C)C[C@H](NC(=O)c1ccncc1)C(=O)NCc1cccnc1. The molecular weight excluding hydrogens is 304 g/mol. The highest BCUT2D eigenvalue weighted by Gasteiger charge is 2.22. The lowest BCUT2D eigenvalue weighted by Crippen LogP contribution is -2.47. The average molecular weight is 326 g/mol. The summed E-state index contributed by atoms with van der Waals surface area (Å²) in [7, 11) is 0. The van der Waals surface area contributed by atoms with Gasteiger partial charge in [-0.1, -0.05) is 19.9 Å². The first-order valence-corrected chi connectivity index (χ1v) is 7.93. The highest BCUT2D eigenvalue weighted by Crippen LogP contribution is 2.07. The van der Waals surface area contributed by atoms with E-state index in [1.165, 1.54) is 0 Å². The smallest absolute Gasteiger partial charge is 0.252 e. The molecule has 6 nitrogen and oxygen atoms in total. The Bertz CT molecular complexity index is 659. The summed E-state index contributed by atoms with van der Waals surface area (Å²) in [6.45, 7) is 4.41. The fourth-order valence-corrected chi connectivity index (χ4v) is 2.26. The van der Waals surface area contributed by atoms with Crippen LogP contribution in [0.25, 0.3) is 0 Å². The maximum Gasteiger partial charge on any atom is 0.252 e. The molecule has 2 rings (SSSR count). The number of aromatic nitrogens is 2. The van der Waals surface area contributed by atoms with E-state index in [0.29, 0.717) is 18.5 Å². The summed E-state index contributed by atoms with van der Waals surface area (Å²) in [4.78, 5) is 32.7. The topological polar surface area (TPSA) is 84.0 Å². The molecule has 24 heavy (non-hydrogen) atoms. The molecule has 2 N–H and O–H groups in total. The number of carbonyl (C=O) groups is 2. The number of nitrogens with one attached hydrogen (secondary N) is 2. The van der Waals surface area contributed by atoms with E-state index in [-0.39, 0.29) is 17.7 Å². The van der Waals surface area contributed by atoms with Crippen LogP contribution in [0, 0.1) is 5.92 Å². The van der Waals surface area contributed by atoms with Crippen LogP contribution < -0.4 is 10.6 Å². The summed E-state index contributed by atoms with van der Waals surface area (Å²) in [6, 6.07) is 6.37. The van der Waals surface area contributed by atoms with Gasteiger partial charge in [0.15, 0.2) is 0 Å². The van der Waals surface area contributed by atoms with Gasteiger partial charge in [0, 0.05) is 36.9 Å². The van der Waals surface area contributed by atoms with Crippen molar-refractivity contribution in [2.45, 2.75) is 32.9 Å². The van der Waals surface area contributed by atoms with Crippen LogP contribution in [-0.2, 0) is 11.3 Å². The van der Waals surface area contributed by atoms with E-state index in [2.05, 4.69) is 20.6 Å². The largest absolute Gasteiger partial charge is 0.350 e. The van der Waals surface area contributed by atoms with Crippen LogP contribution in [0.2, 0.25) is 0 Å². The van der Waals surface area contributed by atoms with Crippen molar-refractivity contribution in [3.63, 3.8) is 0 Å².